The lowest BCUT2D eigenvalue weighted by Crippen LogP contribution is -2.36. The van der Waals surface area contributed by atoms with Crippen molar-refractivity contribution < 1.29 is 24.2 Å². The second-order valence-corrected chi connectivity index (χ2v) is 5.19. The summed E-state index contributed by atoms with van der Waals surface area (Å²) in [5.74, 6) is -0.454. The lowest BCUT2D eigenvalue weighted by Gasteiger charge is -2.11. The van der Waals surface area contributed by atoms with Gasteiger partial charge < -0.3 is 19.9 Å². The monoisotopic (exact) mass is 271 g/mol. The van der Waals surface area contributed by atoms with Crippen LogP contribution in [0.2, 0.25) is 0 Å². The zero-order valence-corrected chi connectivity index (χ0v) is 11.0. The summed E-state index contributed by atoms with van der Waals surface area (Å²) in [6, 6.07) is 0. The highest BCUT2D eigenvalue weighted by Crippen LogP contribution is 2.28. The highest BCUT2D eigenvalue weighted by Gasteiger charge is 2.34. The van der Waals surface area contributed by atoms with Gasteiger partial charge in [0, 0.05) is 19.8 Å². The zero-order chi connectivity index (χ0) is 13.7. The Balaban J connectivity index is 1.50. The van der Waals surface area contributed by atoms with Gasteiger partial charge in [0.15, 0.2) is 6.10 Å². The molecule has 1 heterocycles. The van der Waals surface area contributed by atoms with Crippen LogP contribution in [0.15, 0.2) is 0 Å². The molecule has 2 atom stereocenters. The fourth-order valence-corrected chi connectivity index (χ4v) is 2.05. The van der Waals surface area contributed by atoms with Crippen molar-refractivity contribution >= 4 is 11.9 Å². The Kier molecular flexibility index (Phi) is 5.15. The molecule has 2 unspecified atom stereocenters. The fraction of sp³-hybridized carbons (Fsp3) is 0.846. The van der Waals surface area contributed by atoms with Crippen molar-refractivity contribution in [3.8, 4) is 0 Å². The van der Waals surface area contributed by atoms with E-state index in [2.05, 4.69) is 5.32 Å². The molecule has 2 aliphatic rings. The number of ether oxygens (including phenoxy) is 2. The SMILES string of the molecule is O=C(O)C1CCC(C(=O)NCCCOCC2CC2)O1. The van der Waals surface area contributed by atoms with E-state index >= 15 is 0 Å². The largest absolute Gasteiger partial charge is 0.479 e. The van der Waals surface area contributed by atoms with Crippen molar-refractivity contribution in [2.75, 3.05) is 19.8 Å². The molecule has 0 aromatic rings. The number of rotatable bonds is 8. The summed E-state index contributed by atoms with van der Waals surface area (Å²) in [5.41, 5.74) is 0. The Labute approximate surface area is 112 Å². The normalized spacial score (nSPS) is 26.3. The lowest BCUT2D eigenvalue weighted by atomic mass is 10.2. The summed E-state index contributed by atoms with van der Waals surface area (Å²) in [6.45, 7) is 2.03. The lowest BCUT2D eigenvalue weighted by molar-refractivity contribution is -0.151. The first-order valence-corrected chi connectivity index (χ1v) is 6.90. The van der Waals surface area contributed by atoms with E-state index in [1.165, 1.54) is 12.8 Å². The summed E-state index contributed by atoms with van der Waals surface area (Å²) in [6.07, 6.45) is 2.75. The van der Waals surface area contributed by atoms with Crippen LogP contribution in [0.3, 0.4) is 0 Å². The number of hydrogen-bond donors (Lipinski definition) is 2. The van der Waals surface area contributed by atoms with Gasteiger partial charge >= 0.3 is 5.97 Å². The Hall–Kier alpha value is -1.14. The molecule has 0 radical (unpaired) electrons. The van der Waals surface area contributed by atoms with E-state index in [9.17, 15) is 9.59 Å². The van der Waals surface area contributed by atoms with Crippen molar-refractivity contribution in [1.29, 1.82) is 0 Å². The Morgan fingerprint density at radius 3 is 2.58 bits per heavy atom. The summed E-state index contributed by atoms with van der Waals surface area (Å²) < 4.78 is 10.6. The number of nitrogens with one attached hydrogen (secondary N) is 1. The van der Waals surface area contributed by atoms with E-state index in [4.69, 9.17) is 14.6 Å². The van der Waals surface area contributed by atoms with Crippen LogP contribution in [0.4, 0.5) is 0 Å². The van der Waals surface area contributed by atoms with Gasteiger partial charge in [0.25, 0.3) is 0 Å². The maximum atomic E-state index is 11.7. The summed E-state index contributed by atoms with van der Waals surface area (Å²) in [4.78, 5) is 22.4. The second kappa shape index (κ2) is 6.86. The van der Waals surface area contributed by atoms with E-state index in [-0.39, 0.29) is 5.91 Å². The van der Waals surface area contributed by atoms with E-state index in [0.717, 1.165) is 18.9 Å². The van der Waals surface area contributed by atoms with E-state index < -0.39 is 18.2 Å². The molecule has 0 aromatic heterocycles. The Morgan fingerprint density at radius 2 is 1.95 bits per heavy atom. The molecule has 2 rings (SSSR count). The maximum absolute atomic E-state index is 11.7. The van der Waals surface area contributed by atoms with Crippen LogP contribution in [-0.2, 0) is 19.1 Å². The molecule has 1 saturated carbocycles. The van der Waals surface area contributed by atoms with Gasteiger partial charge in [-0.25, -0.2) is 4.79 Å². The molecule has 0 spiro atoms. The topological polar surface area (TPSA) is 84.9 Å². The molecule has 2 fully saturated rings. The van der Waals surface area contributed by atoms with Crippen LogP contribution in [0.5, 0.6) is 0 Å². The molecule has 2 N–H and O–H groups in total. The van der Waals surface area contributed by atoms with Crippen LogP contribution < -0.4 is 5.32 Å². The third-order valence-electron chi connectivity index (χ3n) is 3.40. The second-order valence-electron chi connectivity index (χ2n) is 5.19. The summed E-state index contributed by atoms with van der Waals surface area (Å²) >= 11 is 0. The van der Waals surface area contributed by atoms with Gasteiger partial charge in [-0.3, -0.25) is 4.79 Å². The molecule has 1 saturated heterocycles. The first kappa shape index (κ1) is 14.3. The fourth-order valence-electron chi connectivity index (χ4n) is 2.05. The number of carboxylic acid groups (broad SMARTS) is 1. The Morgan fingerprint density at radius 1 is 1.21 bits per heavy atom. The van der Waals surface area contributed by atoms with Crippen molar-refractivity contribution in [2.45, 2.75) is 44.3 Å². The van der Waals surface area contributed by atoms with Crippen molar-refractivity contribution in [1.82, 2.24) is 5.32 Å². The molecule has 1 aliphatic carbocycles. The predicted molar refractivity (Wildman–Crippen MR) is 66.7 cm³/mol. The van der Waals surface area contributed by atoms with Crippen LogP contribution in [0, 0.1) is 5.92 Å². The molecule has 6 heteroatoms. The molecule has 0 aromatic carbocycles. The molecule has 1 aliphatic heterocycles. The number of carbonyl (C=O) groups is 2. The minimum Gasteiger partial charge on any atom is -0.479 e. The highest BCUT2D eigenvalue weighted by atomic mass is 16.5. The molecule has 108 valence electrons. The average Bonchev–Trinajstić information content (AvgIpc) is 3.06. The van der Waals surface area contributed by atoms with Crippen molar-refractivity contribution in [2.24, 2.45) is 5.92 Å². The number of aliphatic carboxylic acids is 1. The smallest absolute Gasteiger partial charge is 0.332 e. The molecular weight excluding hydrogens is 250 g/mol. The molecular formula is C13H21NO5. The summed E-state index contributed by atoms with van der Waals surface area (Å²) in [7, 11) is 0. The van der Waals surface area contributed by atoms with E-state index in [1.807, 2.05) is 0 Å². The van der Waals surface area contributed by atoms with Gasteiger partial charge in [-0.1, -0.05) is 0 Å². The first-order chi connectivity index (χ1) is 9.16. The highest BCUT2D eigenvalue weighted by molar-refractivity contribution is 5.82. The molecule has 1 amide bonds. The van der Waals surface area contributed by atoms with Gasteiger partial charge in [-0.05, 0) is 38.0 Å². The van der Waals surface area contributed by atoms with Gasteiger partial charge in [0.2, 0.25) is 5.91 Å². The van der Waals surface area contributed by atoms with Gasteiger partial charge in [-0.15, -0.1) is 0 Å². The standard InChI is InChI=1S/C13H21NO5/c15-12(10-4-5-11(19-10)13(16)17)14-6-1-7-18-8-9-2-3-9/h9-11H,1-8H2,(H,14,15)(H,16,17). The van der Waals surface area contributed by atoms with Crippen molar-refractivity contribution in [3.63, 3.8) is 0 Å². The molecule has 6 nitrogen and oxygen atoms in total. The Bertz CT molecular complexity index is 329. The van der Waals surface area contributed by atoms with Crippen LogP contribution in [0.25, 0.3) is 0 Å². The van der Waals surface area contributed by atoms with Crippen LogP contribution in [0.1, 0.15) is 32.1 Å². The zero-order valence-electron chi connectivity index (χ0n) is 11.0. The number of carboxylic acids is 1. The average molecular weight is 271 g/mol. The van der Waals surface area contributed by atoms with Crippen LogP contribution >= 0.6 is 0 Å². The number of carbonyl (C=O) groups excluding carboxylic acids is 1. The van der Waals surface area contributed by atoms with Gasteiger partial charge in [0.1, 0.15) is 6.10 Å². The summed E-state index contributed by atoms with van der Waals surface area (Å²) in [5, 5.41) is 11.5. The van der Waals surface area contributed by atoms with Crippen LogP contribution in [-0.4, -0.2) is 48.9 Å². The van der Waals surface area contributed by atoms with E-state index in [1.54, 1.807) is 0 Å². The number of hydrogen-bond acceptors (Lipinski definition) is 4. The maximum Gasteiger partial charge on any atom is 0.332 e. The number of amides is 1. The predicted octanol–water partition coefficient (Wildman–Crippen LogP) is 0.551. The molecule has 0 bridgehead atoms. The van der Waals surface area contributed by atoms with Gasteiger partial charge in [0.05, 0.1) is 0 Å². The minimum atomic E-state index is -0.997. The van der Waals surface area contributed by atoms with Crippen molar-refractivity contribution in [3.05, 3.63) is 0 Å². The van der Waals surface area contributed by atoms with E-state index in [0.29, 0.717) is 26.0 Å². The first-order valence-electron chi connectivity index (χ1n) is 6.90. The minimum absolute atomic E-state index is 0.217. The third kappa shape index (κ3) is 4.80. The van der Waals surface area contributed by atoms with Gasteiger partial charge in [-0.2, -0.15) is 0 Å². The third-order valence-corrected chi connectivity index (χ3v) is 3.40. The molecule has 19 heavy (non-hydrogen) atoms. The quantitative estimate of drug-likeness (QED) is 0.630.